The molecule has 7 heteroatoms. The fraction of sp³-hybridized carbons (Fsp3) is 0.643. The molecule has 0 spiro atoms. The topological polar surface area (TPSA) is 105 Å². The molecule has 1 aliphatic rings. The van der Waals surface area contributed by atoms with Gasteiger partial charge in [0.05, 0.1) is 0 Å². The lowest BCUT2D eigenvalue weighted by atomic mass is 10.1. The van der Waals surface area contributed by atoms with Crippen LogP contribution in [-0.2, 0) is 4.79 Å². The van der Waals surface area contributed by atoms with Gasteiger partial charge in [0.25, 0.3) is 0 Å². The van der Waals surface area contributed by atoms with Crippen molar-refractivity contribution in [2.75, 3.05) is 10.7 Å². The van der Waals surface area contributed by atoms with E-state index in [0.717, 1.165) is 18.7 Å². The third-order valence-corrected chi connectivity index (χ3v) is 3.09. The molecular weight excluding hydrogens is 268 g/mol. The van der Waals surface area contributed by atoms with Crippen LogP contribution in [0.25, 0.3) is 0 Å². The minimum absolute atomic E-state index is 0.0728. The molecule has 1 atom stereocenters. The normalized spacial score (nSPS) is 16.2. The Hall–Kier alpha value is -1.89. The molecule has 1 heterocycles. The molecule has 1 unspecified atom stereocenters. The van der Waals surface area contributed by atoms with Crippen molar-refractivity contribution in [2.45, 2.75) is 58.0 Å². The number of rotatable bonds is 5. The van der Waals surface area contributed by atoms with Gasteiger partial charge in [-0.2, -0.15) is 0 Å². The second-order valence-electron chi connectivity index (χ2n) is 6.52. The van der Waals surface area contributed by atoms with E-state index in [0.29, 0.717) is 17.6 Å². The highest BCUT2D eigenvalue weighted by atomic mass is 16.2. The minimum Gasteiger partial charge on any atom is -0.358 e. The Morgan fingerprint density at radius 1 is 1.33 bits per heavy atom. The summed E-state index contributed by atoms with van der Waals surface area (Å²) in [6.07, 6.45) is 2.21. The zero-order valence-corrected chi connectivity index (χ0v) is 13.0. The van der Waals surface area contributed by atoms with Crippen LogP contribution < -0.4 is 21.9 Å². The predicted molar refractivity (Wildman–Crippen MR) is 82.8 cm³/mol. The number of amides is 1. The van der Waals surface area contributed by atoms with Crippen molar-refractivity contribution in [1.82, 2.24) is 15.3 Å². The van der Waals surface area contributed by atoms with Crippen LogP contribution in [0.4, 0.5) is 11.6 Å². The maximum absolute atomic E-state index is 12.1. The van der Waals surface area contributed by atoms with Gasteiger partial charge >= 0.3 is 0 Å². The van der Waals surface area contributed by atoms with Gasteiger partial charge in [0.2, 0.25) is 5.91 Å². The zero-order chi connectivity index (χ0) is 15.6. The Labute approximate surface area is 125 Å². The van der Waals surface area contributed by atoms with Crippen molar-refractivity contribution in [3.63, 3.8) is 0 Å². The number of nitrogens with one attached hydrogen (secondary N) is 3. The molecule has 1 aromatic heterocycles. The van der Waals surface area contributed by atoms with Gasteiger partial charge in [0.1, 0.15) is 23.5 Å². The molecule has 7 nitrogen and oxygen atoms in total. The molecule has 0 aliphatic heterocycles. The Morgan fingerprint density at radius 2 is 1.95 bits per heavy atom. The number of nitrogens with two attached hydrogens (primary N) is 1. The van der Waals surface area contributed by atoms with Crippen molar-refractivity contribution >= 4 is 17.5 Å². The van der Waals surface area contributed by atoms with Gasteiger partial charge in [0, 0.05) is 17.5 Å². The van der Waals surface area contributed by atoms with Crippen LogP contribution in [0.1, 0.15) is 52.3 Å². The van der Waals surface area contributed by atoms with Crippen LogP contribution in [0, 0.1) is 0 Å². The number of nitrogen functional groups attached to an aromatic ring is 1. The van der Waals surface area contributed by atoms with E-state index in [-0.39, 0.29) is 11.4 Å². The molecule has 21 heavy (non-hydrogen) atoms. The van der Waals surface area contributed by atoms with Gasteiger partial charge in [-0.05, 0) is 40.5 Å². The molecule has 0 aromatic carbocycles. The highest BCUT2D eigenvalue weighted by Gasteiger charge is 2.28. The van der Waals surface area contributed by atoms with E-state index in [2.05, 4.69) is 26.0 Å². The molecule has 0 radical (unpaired) electrons. The van der Waals surface area contributed by atoms with Crippen LogP contribution in [0.5, 0.6) is 0 Å². The number of aromatic nitrogens is 2. The van der Waals surface area contributed by atoms with E-state index in [4.69, 9.17) is 5.84 Å². The van der Waals surface area contributed by atoms with Crippen molar-refractivity contribution < 1.29 is 4.79 Å². The van der Waals surface area contributed by atoms with E-state index < -0.39 is 6.04 Å². The minimum atomic E-state index is -0.392. The third kappa shape index (κ3) is 4.56. The molecule has 1 aliphatic carbocycles. The number of carbonyl (C=O) groups is 1. The number of nitrogens with zero attached hydrogens (tertiary/aromatic N) is 2. The van der Waals surface area contributed by atoms with E-state index in [1.807, 2.05) is 20.8 Å². The molecular formula is C14H24N6O. The summed E-state index contributed by atoms with van der Waals surface area (Å²) in [5.74, 6) is 7.71. The van der Waals surface area contributed by atoms with Crippen LogP contribution >= 0.6 is 0 Å². The van der Waals surface area contributed by atoms with Crippen molar-refractivity contribution in [3.8, 4) is 0 Å². The smallest absolute Gasteiger partial charge is 0.242 e. The Balaban J connectivity index is 2.07. The van der Waals surface area contributed by atoms with Crippen LogP contribution in [0.2, 0.25) is 0 Å². The predicted octanol–water partition coefficient (Wildman–Crippen LogP) is 1.35. The number of hydrazine groups is 1. The quantitative estimate of drug-likeness (QED) is 0.482. The highest BCUT2D eigenvalue weighted by molar-refractivity contribution is 5.84. The Bertz CT molecular complexity index is 521. The van der Waals surface area contributed by atoms with Gasteiger partial charge in [0.15, 0.2) is 0 Å². The van der Waals surface area contributed by atoms with Crippen molar-refractivity contribution in [3.05, 3.63) is 11.9 Å². The Kier molecular flexibility index (Phi) is 4.32. The molecule has 1 aromatic rings. The first kappa shape index (κ1) is 15.5. The fourth-order valence-electron chi connectivity index (χ4n) is 1.90. The lowest BCUT2D eigenvalue weighted by molar-refractivity contribution is -0.122. The lowest BCUT2D eigenvalue weighted by Gasteiger charge is -2.24. The largest absolute Gasteiger partial charge is 0.358 e. The molecule has 1 fully saturated rings. The average Bonchev–Trinajstić information content (AvgIpc) is 3.20. The second kappa shape index (κ2) is 5.85. The summed E-state index contributed by atoms with van der Waals surface area (Å²) < 4.78 is 0. The van der Waals surface area contributed by atoms with Crippen molar-refractivity contribution in [2.24, 2.45) is 5.84 Å². The molecule has 116 valence electrons. The van der Waals surface area contributed by atoms with Gasteiger partial charge in [-0.1, -0.05) is 0 Å². The molecule has 2 rings (SSSR count). The van der Waals surface area contributed by atoms with Crippen LogP contribution in [-0.4, -0.2) is 27.5 Å². The van der Waals surface area contributed by atoms with E-state index in [9.17, 15) is 4.79 Å². The molecule has 0 bridgehead atoms. The highest BCUT2D eigenvalue weighted by Crippen LogP contribution is 2.38. The van der Waals surface area contributed by atoms with Crippen LogP contribution in [0.3, 0.4) is 0 Å². The molecule has 1 saturated carbocycles. The van der Waals surface area contributed by atoms with E-state index >= 15 is 0 Å². The summed E-state index contributed by atoms with van der Waals surface area (Å²) >= 11 is 0. The molecule has 0 saturated heterocycles. The summed E-state index contributed by atoms with van der Waals surface area (Å²) in [7, 11) is 0. The number of hydrogen-bond donors (Lipinski definition) is 4. The molecule has 1 amide bonds. The average molecular weight is 292 g/mol. The maximum Gasteiger partial charge on any atom is 0.242 e. The Morgan fingerprint density at radius 3 is 2.48 bits per heavy atom. The zero-order valence-electron chi connectivity index (χ0n) is 13.0. The number of hydrogen-bond acceptors (Lipinski definition) is 6. The molecule has 5 N–H and O–H groups in total. The van der Waals surface area contributed by atoms with Crippen LogP contribution in [0.15, 0.2) is 6.07 Å². The van der Waals surface area contributed by atoms with E-state index in [1.54, 1.807) is 13.0 Å². The third-order valence-electron chi connectivity index (χ3n) is 3.09. The summed E-state index contributed by atoms with van der Waals surface area (Å²) in [6, 6.07) is 1.31. The second-order valence-corrected chi connectivity index (χ2v) is 6.52. The van der Waals surface area contributed by atoms with Gasteiger partial charge in [-0.15, -0.1) is 0 Å². The first-order valence-corrected chi connectivity index (χ1v) is 7.22. The van der Waals surface area contributed by atoms with E-state index in [1.165, 1.54) is 0 Å². The first-order valence-electron chi connectivity index (χ1n) is 7.22. The first-order chi connectivity index (χ1) is 9.78. The summed E-state index contributed by atoms with van der Waals surface area (Å²) in [6.45, 7) is 7.65. The monoisotopic (exact) mass is 292 g/mol. The SMILES string of the molecule is CC(Nc1cc(NN)nc(C2CC2)n1)C(=O)NC(C)(C)C. The maximum atomic E-state index is 12.1. The fourth-order valence-corrected chi connectivity index (χ4v) is 1.90. The van der Waals surface area contributed by atoms with Gasteiger partial charge < -0.3 is 16.1 Å². The summed E-state index contributed by atoms with van der Waals surface area (Å²) in [5, 5.41) is 6.04. The summed E-state index contributed by atoms with van der Waals surface area (Å²) in [4.78, 5) is 20.9. The lowest BCUT2D eigenvalue weighted by Crippen LogP contribution is -2.47. The number of carbonyl (C=O) groups excluding carboxylic acids is 1. The number of anilines is 2. The summed E-state index contributed by atoms with van der Waals surface area (Å²) in [5.41, 5.74) is 2.28. The van der Waals surface area contributed by atoms with Gasteiger partial charge in [-0.3, -0.25) is 4.79 Å². The van der Waals surface area contributed by atoms with Crippen molar-refractivity contribution in [1.29, 1.82) is 0 Å². The van der Waals surface area contributed by atoms with Gasteiger partial charge in [-0.25, -0.2) is 15.8 Å². The standard InChI is InChI=1S/C14H24N6O/c1-8(13(21)19-14(2,3)4)16-10-7-11(20-15)18-12(17-10)9-5-6-9/h7-9H,5-6,15H2,1-4H3,(H,19,21)(H2,16,17,18,20).